The van der Waals surface area contributed by atoms with Gasteiger partial charge >= 0.3 is 0 Å². The van der Waals surface area contributed by atoms with Crippen LogP contribution in [0.25, 0.3) is 22.2 Å². The Bertz CT molecular complexity index is 1910. The molecule has 10 heteroatoms. The predicted octanol–water partition coefficient (Wildman–Crippen LogP) is 4.99. The molecule has 5 fully saturated rings. The van der Waals surface area contributed by atoms with E-state index in [0.717, 1.165) is 66.7 Å². The summed E-state index contributed by atoms with van der Waals surface area (Å²) in [6.45, 7) is 2.25. The number of likely N-dealkylation sites (tertiary alicyclic amines) is 2. The SMILES string of the molecule is COc1ccc2c(c1)C1CC1(C(=O)N1C[C@H]3C[C@@H]1CN3C)Cn1c-2c(C2CCCCC2)c2ccc(C(=O)NS(=O)(=O)C3CC3)cc21. The fraction of sp³-hybridized carbons (Fsp3) is 0.556. The van der Waals surface area contributed by atoms with Crippen LogP contribution >= 0.6 is 0 Å². The van der Waals surface area contributed by atoms with Gasteiger partial charge in [0.05, 0.1) is 23.5 Å². The number of hydrogen-bond acceptors (Lipinski definition) is 6. The highest BCUT2D eigenvalue weighted by molar-refractivity contribution is 7.91. The molecule has 4 atom stereocenters. The van der Waals surface area contributed by atoms with Crippen molar-refractivity contribution in [2.24, 2.45) is 5.41 Å². The number of ether oxygens (including phenoxy) is 1. The zero-order valence-corrected chi connectivity index (χ0v) is 27.4. The van der Waals surface area contributed by atoms with E-state index in [-0.39, 0.29) is 17.9 Å². The number of aromatic nitrogens is 1. The molecule has 3 aliphatic heterocycles. The summed E-state index contributed by atoms with van der Waals surface area (Å²) in [6.07, 6.45) is 8.84. The Morgan fingerprint density at radius 1 is 0.978 bits per heavy atom. The third-order valence-corrected chi connectivity index (χ3v) is 14.0. The van der Waals surface area contributed by atoms with Gasteiger partial charge in [0, 0.05) is 59.7 Å². The lowest BCUT2D eigenvalue weighted by Crippen LogP contribution is -2.50. The number of likely N-dealkylation sites (N-methyl/N-ethyl adjacent to an activating group) is 1. The minimum Gasteiger partial charge on any atom is -0.497 e. The van der Waals surface area contributed by atoms with E-state index in [4.69, 9.17) is 4.74 Å². The summed E-state index contributed by atoms with van der Waals surface area (Å²) in [5.74, 6) is 0.933. The summed E-state index contributed by atoms with van der Waals surface area (Å²) in [5.41, 5.74) is 5.48. The number of piperazine rings is 1. The maximum Gasteiger partial charge on any atom is 0.264 e. The average molecular weight is 643 g/mol. The topological polar surface area (TPSA) is 101 Å². The molecule has 3 aliphatic carbocycles. The zero-order chi connectivity index (χ0) is 31.5. The largest absolute Gasteiger partial charge is 0.497 e. The number of benzene rings is 2. The Hall–Kier alpha value is -3.37. The molecule has 9 nitrogen and oxygen atoms in total. The predicted molar refractivity (Wildman–Crippen MR) is 175 cm³/mol. The van der Waals surface area contributed by atoms with Crippen LogP contribution in [0.5, 0.6) is 5.75 Å². The number of hydrogen-bond donors (Lipinski definition) is 1. The lowest BCUT2D eigenvalue weighted by Gasteiger charge is -2.35. The quantitative estimate of drug-likeness (QED) is 0.407. The van der Waals surface area contributed by atoms with Crippen LogP contribution < -0.4 is 9.46 Å². The molecule has 0 spiro atoms. The van der Waals surface area contributed by atoms with Gasteiger partial charge in [-0.3, -0.25) is 14.5 Å². The van der Waals surface area contributed by atoms with Gasteiger partial charge in [-0.2, -0.15) is 0 Å². The molecule has 9 rings (SSSR count). The van der Waals surface area contributed by atoms with E-state index in [1.165, 1.54) is 30.4 Å². The van der Waals surface area contributed by atoms with Crippen molar-refractivity contribution in [1.29, 1.82) is 0 Å². The summed E-state index contributed by atoms with van der Waals surface area (Å²) in [6, 6.07) is 12.7. The first-order valence-corrected chi connectivity index (χ1v) is 18.6. The normalized spacial score (nSPS) is 28.8. The van der Waals surface area contributed by atoms with Crippen LogP contribution in [0.2, 0.25) is 0 Å². The molecular weight excluding hydrogens is 600 g/mol. The van der Waals surface area contributed by atoms with Gasteiger partial charge in [-0.15, -0.1) is 0 Å². The highest BCUT2D eigenvalue weighted by atomic mass is 32.2. The van der Waals surface area contributed by atoms with E-state index in [1.807, 2.05) is 18.2 Å². The number of nitrogens with zero attached hydrogens (tertiary/aromatic N) is 3. The molecule has 1 N–H and O–H groups in total. The molecule has 2 amide bonds. The van der Waals surface area contributed by atoms with Crippen molar-refractivity contribution in [3.8, 4) is 17.0 Å². The zero-order valence-electron chi connectivity index (χ0n) is 26.6. The highest BCUT2D eigenvalue weighted by Gasteiger charge is 2.65. The van der Waals surface area contributed by atoms with Crippen LogP contribution in [0.1, 0.15) is 91.1 Å². The maximum atomic E-state index is 14.8. The number of carbonyl (C=O) groups excluding carboxylic acids is 2. The summed E-state index contributed by atoms with van der Waals surface area (Å²) >= 11 is 0. The van der Waals surface area contributed by atoms with Crippen LogP contribution in [0, 0.1) is 5.41 Å². The lowest BCUT2D eigenvalue weighted by molar-refractivity contribution is -0.140. The summed E-state index contributed by atoms with van der Waals surface area (Å²) in [5, 5.41) is 0.628. The fourth-order valence-corrected chi connectivity index (χ4v) is 10.8. The standard InChI is InChI=1S/C36H42N4O5S/c1-38-18-24-15-23(38)19-39(24)35(42)36-17-30(36)29-16-25(45-2)9-13-27(29)33-32(21-6-4-3-5-7-21)28-12-8-22(14-31(28)40(33)20-36)34(41)37-46(43,44)26-10-11-26/h8-9,12-14,16,21,23-24,26,30H,3-7,10-11,15,17-20H2,1-2H3,(H,37,41)/t23-,24-,30?,36?/m1/s1. The molecule has 2 aromatic carbocycles. The van der Waals surface area contributed by atoms with E-state index in [0.29, 0.717) is 36.9 Å². The third-order valence-electron chi connectivity index (χ3n) is 12.2. The molecule has 1 aromatic heterocycles. The van der Waals surface area contributed by atoms with E-state index in [1.54, 1.807) is 13.2 Å². The first-order chi connectivity index (χ1) is 22.2. The van der Waals surface area contributed by atoms with Gasteiger partial charge in [0.1, 0.15) is 5.75 Å². The summed E-state index contributed by atoms with van der Waals surface area (Å²) in [7, 11) is 0.174. The third kappa shape index (κ3) is 4.24. The number of rotatable bonds is 6. The Morgan fingerprint density at radius 3 is 2.48 bits per heavy atom. The highest BCUT2D eigenvalue weighted by Crippen LogP contribution is 2.66. The molecule has 242 valence electrons. The number of methoxy groups -OCH3 is 1. The Labute approximate surface area is 270 Å². The van der Waals surface area contributed by atoms with E-state index in [9.17, 15) is 18.0 Å². The van der Waals surface area contributed by atoms with Crippen molar-refractivity contribution < 1.29 is 22.7 Å². The molecule has 2 saturated heterocycles. The minimum absolute atomic E-state index is 0.0891. The van der Waals surface area contributed by atoms with Crippen molar-refractivity contribution in [2.45, 2.75) is 93.5 Å². The molecule has 46 heavy (non-hydrogen) atoms. The van der Waals surface area contributed by atoms with Crippen LogP contribution in [0.15, 0.2) is 36.4 Å². The smallest absolute Gasteiger partial charge is 0.264 e. The second-order valence-corrected chi connectivity index (χ2v) is 16.9. The van der Waals surface area contributed by atoms with Gasteiger partial charge in [-0.1, -0.05) is 25.3 Å². The van der Waals surface area contributed by atoms with E-state index < -0.39 is 26.6 Å². The maximum absolute atomic E-state index is 14.8. The first kappa shape index (κ1) is 28.8. The van der Waals surface area contributed by atoms with Gasteiger partial charge in [0.25, 0.3) is 5.91 Å². The molecule has 2 bridgehead atoms. The molecule has 3 aromatic rings. The van der Waals surface area contributed by atoms with Crippen LogP contribution in [-0.4, -0.2) is 79.2 Å². The Morgan fingerprint density at radius 2 is 1.78 bits per heavy atom. The number of fused-ring (bicyclic) bond motifs is 9. The Kier molecular flexibility index (Phi) is 6.31. The molecule has 2 unspecified atom stereocenters. The van der Waals surface area contributed by atoms with Gasteiger partial charge < -0.3 is 14.2 Å². The van der Waals surface area contributed by atoms with Crippen LogP contribution in [0.3, 0.4) is 0 Å². The number of sulfonamides is 1. The lowest BCUT2D eigenvalue weighted by atomic mass is 9.81. The fourth-order valence-electron chi connectivity index (χ4n) is 9.47. The van der Waals surface area contributed by atoms with Gasteiger partial charge in [0.15, 0.2) is 0 Å². The van der Waals surface area contributed by atoms with Crippen molar-refractivity contribution in [1.82, 2.24) is 19.1 Å². The van der Waals surface area contributed by atoms with Crippen molar-refractivity contribution in [3.63, 3.8) is 0 Å². The first-order valence-electron chi connectivity index (χ1n) is 17.1. The molecule has 3 saturated carbocycles. The van der Waals surface area contributed by atoms with Gasteiger partial charge in [-0.05, 0) is 92.9 Å². The molecule has 4 heterocycles. The van der Waals surface area contributed by atoms with Crippen molar-refractivity contribution in [2.75, 3.05) is 27.2 Å². The molecule has 6 aliphatic rings. The number of amides is 2. The van der Waals surface area contributed by atoms with Crippen LogP contribution in [0.4, 0.5) is 0 Å². The van der Waals surface area contributed by atoms with Crippen molar-refractivity contribution >= 4 is 32.7 Å². The average Bonchev–Trinajstić information content (AvgIpc) is 3.95. The van der Waals surface area contributed by atoms with Gasteiger partial charge in [0.2, 0.25) is 15.9 Å². The van der Waals surface area contributed by atoms with Crippen molar-refractivity contribution in [3.05, 3.63) is 53.1 Å². The second-order valence-electron chi connectivity index (χ2n) is 14.9. The molecular formula is C36H42N4O5S. The molecule has 0 radical (unpaired) electrons. The minimum atomic E-state index is -3.68. The van der Waals surface area contributed by atoms with E-state index >= 15 is 0 Å². The van der Waals surface area contributed by atoms with E-state index in [2.05, 4.69) is 38.3 Å². The second kappa shape index (κ2) is 10.1. The number of carbonyl (C=O) groups is 2. The summed E-state index contributed by atoms with van der Waals surface area (Å²) in [4.78, 5) is 32.7. The number of nitrogens with one attached hydrogen (secondary N) is 1. The summed E-state index contributed by atoms with van der Waals surface area (Å²) < 4.78 is 35.8. The Balaban J connectivity index is 1.22. The van der Waals surface area contributed by atoms with Crippen LogP contribution in [-0.2, 0) is 21.4 Å². The van der Waals surface area contributed by atoms with Gasteiger partial charge in [-0.25, -0.2) is 13.1 Å². The monoisotopic (exact) mass is 642 g/mol.